The molecule has 1 heterocycles. The van der Waals surface area contributed by atoms with Gasteiger partial charge < -0.3 is 15.2 Å². The Hall–Kier alpha value is -1.82. The molecule has 2 atom stereocenters. The Labute approximate surface area is 133 Å². The van der Waals surface area contributed by atoms with Crippen LogP contribution in [0.4, 0.5) is 8.78 Å². The van der Waals surface area contributed by atoms with E-state index in [1.807, 2.05) is 6.07 Å². The third kappa shape index (κ3) is 3.42. The number of morpholine rings is 1. The van der Waals surface area contributed by atoms with E-state index in [4.69, 9.17) is 4.74 Å². The van der Waals surface area contributed by atoms with Crippen molar-refractivity contribution in [3.8, 4) is 0 Å². The van der Waals surface area contributed by atoms with Crippen LogP contribution < -0.4 is 5.32 Å². The van der Waals surface area contributed by atoms with Crippen molar-refractivity contribution in [1.29, 1.82) is 0 Å². The van der Waals surface area contributed by atoms with E-state index in [0.29, 0.717) is 25.3 Å². The summed E-state index contributed by atoms with van der Waals surface area (Å²) in [6.45, 7) is 1.61. The Morgan fingerprint density at radius 2 is 1.96 bits per heavy atom. The molecule has 0 bridgehead atoms. The Morgan fingerprint density at radius 1 is 1.17 bits per heavy atom. The van der Waals surface area contributed by atoms with Gasteiger partial charge >= 0.3 is 0 Å². The molecule has 0 aromatic heterocycles. The summed E-state index contributed by atoms with van der Waals surface area (Å²) in [6, 6.07) is 12.3. The maximum atomic E-state index is 14.0. The molecule has 0 saturated carbocycles. The predicted octanol–water partition coefficient (Wildman–Crippen LogP) is 2.38. The van der Waals surface area contributed by atoms with Crippen molar-refractivity contribution in [3.63, 3.8) is 0 Å². The van der Waals surface area contributed by atoms with E-state index in [9.17, 15) is 13.9 Å². The van der Waals surface area contributed by atoms with Crippen molar-refractivity contribution in [2.75, 3.05) is 19.7 Å². The van der Waals surface area contributed by atoms with E-state index in [1.165, 1.54) is 0 Å². The minimum Gasteiger partial charge on any atom is -0.382 e. The lowest BCUT2D eigenvalue weighted by Gasteiger charge is -2.39. The fraction of sp³-hybridized carbons (Fsp3) is 0.333. The van der Waals surface area contributed by atoms with Gasteiger partial charge in [-0.15, -0.1) is 0 Å². The SMILES string of the molecule is O[C@](Cc1cc(F)ccc1F)(c1ccccc1)[C@H]1CNCCO1. The van der Waals surface area contributed by atoms with Gasteiger partial charge in [0.2, 0.25) is 0 Å². The van der Waals surface area contributed by atoms with Gasteiger partial charge in [0.25, 0.3) is 0 Å². The second-order valence-electron chi connectivity index (χ2n) is 5.77. The van der Waals surface area contributed by atoms with Crippen LogP contribution in [0.15, 0.2) is 48.5 Å². The van der Waals surface area contributed by atoms with Crippen molar-refractivity contribution < 1.29 is 18.6 Å². The highest BCUT2D eigenvalue weighted by atomic mass is 19.1. The molecular weight excluding hydrogens is 300 g/mol. The number of rotatable bonds is 4. The molecule has 2 aromatic rings. The lowest BCUT2D eigenvalue weighted by molar-refractivity contribution is -0.124. The minimum atomic E-state index is -1.44. The summed E-state index contributed by atoms with van der Waals surface area (Å²) in [5.74, 6) is -1.07. The third-order valence-electron chi connectivity index (χ3n) is 4.20. The van der Waals surface area contributed by atoms with Gasteiger partial charge in [0, 0.05) is 19.5 Å². The Morgan fingerprint density at radius 3 is 2.65 bits per heavy atom. The molecule has 1 fully saturated rings. The quantitative estimate of drug-likeness (QED) is 0.909. The molecule has 2 aromatic carbocycles. The standard InChI is InChI=1S/C18H19F2NO2/c19-15-6-7-16(20)13(10-15)11-18(22,14-4-2-1-3-5-14)17-12-21-8-9-23-17/h1-7,10,17,21-22H,8-9,11-12H2/t17-,18-/m1/s1. The number of ether oxygens (including phenoxy) is 1. The van der Waals surface area contributed by atoms with Crippen LogP contribution >= 0.6 is 0 Å². The number of halogens is 2. The summed E-state index contributed by atoms with van der Waals surface area (Å²) < 4.78 is 33.2. The average Bonchev–Trinajstić information content (AvgIpc) is 2.59. The largest absolute Gasteiger partial charge is 0.382 e. The van der Waals surface area contributed by atoms with Crippen molar-refractivity contribution in [3.05, 3.63) is 71.3 Å². The summed E-state index contributed by atoms with van der Waals surface area (Å²) in [4.78, 5) is 0. The van der Waals surface area contributed by atoms with Crippen LogP contribution in [-0.2, 0) is 16.8 Å². The zero-order valence-electron chi connectivity index (χ0n) is 12.6. The number of aliphatic hydroxyl groups is 1. The first kappa shape index (κ1) is 16.1. The first-order chi connectivity index (χ1) is 11.1. The molecule has 0 spiro atoms. The fourth-order valence-electron chi connectivity index (χ4n) is 2.97. The molecule has 0 radical (unpaired) electrons. The van der Waals surface area contributed by atoms with Crippen LogP contribution in [0, 0.1) is 11.6 Å². The van der Waals surface area contributed by atoms with Crippen LogP contribution in [0.2, 0.25) is 0 Å². The summed E-state index contributed by atoms with van der Waals surface area (Å²) in [5.41, 5.74) is -0.688. The topological polar surface area (TPSA) is 41.5 Å². The van der Waals surface area contributed by atoms with Gasteiger partial charge in [-0.1, -0.05) is 30.3 Å². The lowest BCUT2D eigenvalue weighted by Crippen LogP contribution is -2.52. The van der Waals surface area contributed by atoms with Gasteiger partial charge in [0.15, 0.2) is 0 Å². The smallest absolute Gasteiger partial charge is 0.126 e. The molecule has 122 valence electrons. The molecule has 5 heteroatoms. The molecule has 0 aliphatic carbocycles. The summed E-state index contributed by atoms with van der Waals surface area (Å²) >= 11 is 0. The van der Waals surface area contributed by atoms with E-state index < -0.39 is 23.3 Å². The van der Waals surface area contributed by atoms with E-state index in [2.05, 4.69) is 5.32 Å². The first-order valence-corrected chi connectivity index (χ1v) is 7.64. The van der Waals surface area contributed by atoms with E-state index in [1.54, 1.807) is 24.3 Å². The fourth-order valence-corrected chi connectivity index (χ4v) is 2.97. The van der Waals surface area contributed by atoms with E-state index in [-0.39, 0.29) is 12.0 Å². The van der Waals surface area contributed by atoms with Crippen molar-refractivity contribution in [1.82, 2.24) is 5.32 Å². The number of hydrogen-bond acceptors (Lipinski definition) is 3. The molecule has 3 rings (SSSR count). The monoisotopic (exact) mass is 319 g/mol. The molecule has 0 amide bonds. The molecule has 1 aliphatic rings. The van der Waals surface area contributed by atoms with Crippen molar-refractivity contribution in [2.24, 2.45) is 0 Å². The van der Waals surface area contributed by atoms with E-state index >= 15 is 0 Å². The first-order valence-electron chi connectivity index (χ1n) is 7.64. The zero-order valence-corrected chi connectivity index (χ0v) is 12.6. The van der Waals surface area contributed by atoms with Gasteiger partial charge in [-0.25, -0.2) is 8.78 Å². The molecule has 0 unspecified atom stereocenters. The third-order valence-corrected chi connectivity index (χ3v) is 4.20. The van der Waals surface area contributed by atoms with Crippen molar-refractivity contribution >= 4 is 0 Å². The summed E-state index contributed by atoms with van der Waals surface area (Å²) in [6.07, 6.45) is -0.603. The van der Waals surface area contributed by atoms with Gasteiger partial charge in [0.05, 0.1) is 6.61 Å². The number of hydrogen-bond donors (Lipinski definition) is 2. The van der Waals surface area contributed by atoms with Crippen LogP contribution in [0.1, 0.15) is 11.1 Å². The van der Waals surface area contributed by atoms with Crippen LogP contribution in [0.5, 0.6) is 0 Å². The Kier molecular flexibility index (Phi) is 4.71. The van der Waals surface area contributed by atoms with Crippen LogP contribution in [0.3, 0.4) is 0 Å². The number of benzene rings is 2. The van der Waals surface area contributed by atoms with Gasteiger partial charge in [-0.2, -0.15) is 0 Å². The lowest BCUT2D eigenvalue weighted by atomic mass is 9.82. The Balaban J connectivity index is 1.99. The highest BCUT2D eigenvalue weighted by Crippen LogP contribution is 2.32. The maximum Gasteiger partial charge on any atom is 0.126 e. The Bertz CT molecular complexity index is 659. The highest BCUT2D eigenvalue weighted by molar-refractivity contribution is 5.29. The second kappa shape index (κ2) is 6.74. The second-order valence-corrected chi connectivity index (χ2v) is 5.77. The molecule has 2 N–H and O–H groups in total. The average molecular weight is 319 g/mol. The minimum absolute atomic E-state index is 0.0625. The van der Waals surface area contributed by atoms with Crippen molar-refractivity contribution in [2.45, 2.75) is 18.1 Å². The molecule has 1 saturated heterocycles. The maximum absolute atomic E-state index is 14.0. The zero-order chi connectivity index (χ0) is 16.3. The van der Waals surface area contributed by atoms with Gasteiger partial charge in [-0.05, 0) is 29.3 Å². The molecule has 23 heavy (non-hydrogen) atoms. The predicted molar refractivity (Wildman–Crippen MR) is 83.0 cm³/mol. The van der Waals surface area contributed by atoms with Gasteiger partial charge in [-0.3, -0.25) is 0 Å². The summed E-state index contributed by atoms with van der Waals surface area (Å²) in [5, 5.41) is 14.5. The summed E-state index contributed by atoms with van der Waals surface area (Å²) in [7, 11) is 0. The highest BCUT2D eigenvalue weighted by Gasteiger charge is 2.41. The van der Waals surface area contributed by atoms with E-state index in [0.717, 1.165) is 18.2 Å². The molecule has 1 aliphatic heterocycles. The normalized spacial score (nSPS) is 20.9. The van der Waals surface area contributed by atoms with Crippen LogP contribution in [-0.4, -0.2) is 30.9 Å². The molecular formula is C18H19F2NO2. The number of nitrogens with one attached hydrogen (secondary N) is 1. The molecule has 3 nitrogen and oxygen atoms in total. The van der Waals surface area contributed by atoms with Crippen LogP contribution in [0.25, 0.3) is 0 Å². The van der Waals surface area contributed by atoms with Gasteiger partial charge in [0.1, 0.15) is 23.3 Å².